The fourth-order valence-electron chi connectivity index (χ4n) is 1.32. The van der Waals surface area contributed by atoms with Crippen LogP contribution >= 0.6 is 0 Å². The second-order valence-electron chi connectivity index (χ2n) is 3.43. The van der Waals surface area contributed by atoms with Gasteiger partial charge in [-0.05, 0) is 36.6 Å². The zero-order chi connectivity index (χ0) is 9.68. The van der Waals surface area contributed by atoms with Crippen LogP contribution in [-0.4, -0.2) is 11.5 Å². The van der Waals surface area contributed by atoms with Crippen LogP contribution in [0.25, 0.3) is 0 Å². The molecule has 1 atom stereocenters. The average molecular weight is 178 g/mol. The molecule has 0 fully saturated rings. The summed E-state index contributed by atoms with van der Waals surface area (Å²) in [6.45, 7) is 5.12. The molecule has 0 bridgehead atoms. The van der Waals surface area contributed by atoms with Crippen molar-refractivity contribution in [2.24, 2.45) is 5.73 Å². The molecule has 1 aromatic rings. The van der Waals surface area contributed by atoms with E-state index >= 15 is 0 Å². The van der Waals surface area contributed by atoms with Crippen molar-refractivity contribution in [3.8, 4) is 0 Å². The lowest BCUT2D eigenvalue weighted by atomic mass is 9.99. The molecular weight excluding hydrogens is 160 g/mol. The number of rotatable bonds is 4. The van der Waals surface area contributed by atoms with Crippen molar-refractivity contribution >= 4 is 0 Å². The molecule has 1 aromatic heterocycles. The molecule has 0 aliphatic carbocycles. The Morgan fingerprint density at radius 2 is 2.31 bits per heavy atom. The lowest BCUT2D eigenvalue weighted by molar-refractivity contribution is 0.728. The third-order valence-electron chi connectivity index (χ3n) is 2.42. The Balaban J connectivity index is 2.78. The van der Waals surface area contributed by atoms with E-state index in [1.54, 1.807) is 0 Å². The smallest absolute Gasteiger partial charge is 0.0419 e. The van der Waals surface area contributed by atoms with Crippen LogP contribution in [0.2, 0.25) is 0 Å². The first-order valence-corrected chi connectivity index (χ1v) is 4.92. The highest BCUT2D eigenvalue weighted by Gasteiger charge is 2.03. The van der Waals surface area contributed by atoms with Crippen LogP contribution in [-0.2, 0) is 6.42 Å². The third-order valence-corrected chi connectivity index (χ3v) is 2.42. The maximum atomic E-state index is 5.48. The predicted octanol–water partition coefficient (Wildman–Crippen LogP) is 2.10. The van der Waals surface area contributed by atoms with Gasteiger partial charge in [-0.25, -0.2) is 0 Å². The number of nitrogens with two attached hydrogens (primary N) is 1. The lowest BCUT2D eigenvalue weighted by Crippen LogP contribution is -2.05. The van der Waals surface area contributed by atoms with Crippen LogP contribution in [0, 0.1) is 0 Å². The Hall–Kier alpha value is -0.890. The minimum Gasteiger partial charge on any atom is -0.330 e. The van der Waals surface area contributed by atoms with Crippen molar-refractivity contribution in [3.63, 3.8) is 0 Å². The topological polar surface area (TPSA) is 38.9 Å². The zero-order valence-corrected chi connectivity index (χ0v) is 8.46. The molecular formula is C11H18N2. The van der Waals surface area contributed by atoms with E-state index in [0.717, 1.165) is 12.1 Å². The van der Waals surface area contributed by atoms with Crippen LogP contribution in [0.15, 0.2) is 18.3 Å². The van der Waals surface area contributed by atoms with Gasteiger partial charge in [0.15, 0.2) is 0 Å². The third kappa shape index (κ3) is 2.81. The van der Waals surface area contributed by atoms with Gasteiger partial charge in [-0.2, -0.15) is 0 Å². The summed E-state index contributed by atoms with van der Waals surface area (Å²) in [4.78, 5) is 4.27. The Labute approximate surface area is 80.2 Å². The maximum Gasteiger partial charge on any atom is 0.0419 e. The maximum absolute atomic E-state index is 5.48. The van der Waals surface area contributed by atoms with Gasteiger partial charge < -0.3 is 5.73 Å². The van der Waals surface area contributed by atoms with E-state index in [1.165, 1.54) is 12.0 Å². The van der Waals surface area contributed by atoms with Gasteiger partial charge in [0.05, 0.1) is 0 Å². The van der Waals surface area contributed by atoms with Crippen LogP contribution in [0.1, 0.15) is 37.4 Å². The first-order valence-electron chi connectivity index (χ1n) is 4.92. The molecule has 0 saturated heterocycles. The predicted molar refractivity (Wildman–Crippen MR) is 55.7 cm³/mol. The van der Waals surface area contributed by atoms with Gasteiger partial charge in [0, 0.05) is 18.3 Å². The summed E-state index contributed by atoms with van der Waals surface area (Å²) in [5, 5.41) is 0. The average Bonchev–Trinajstić information content (AvgIpc) is 2.18. The van der Waals surface area contributed by atoms with Crippen molar-refractivity contribution in [3.05, 3.63) is 29.6 Å². The normalized spacial score (nSPS) is 12.8. The van der Waals surface area contributed by atoms with Crippen molar-refractivity contribution in [2.45, 2.75) is 32.6 Å². The van der Waals surface area contributed by atoms with E-state index in [4.69, 9.17) is 5.73 Å². The van der Waals surface area contributed by atoms with Gasteiger partial charge in [0.1, 0.15) is 0 Å². The molecule has 0 amide bonds. The van der Waals surface area contributed by atoms with Gasteiger partial charge in [-0.1, -0.05) is 13.8 Å². The van der Waals surface area contributed by atoms with Gasteiger partial charge in [-0.3, -0.25) is 4.98 Å². The lowest BCUT2D eigenvalue weighted by Gasteiger charge is -2.09. The van der Waals surface area contributed by atoms with Crippen LogP contribution in [0.3, 0.4) is 0 Å². The standard InChI is InChI=1S/C11H18N2/c1-3-9(2)10-5-7-13-11(8-10)4-6-12/h5,7-9H,3-4,6,12H2,1-2H3. The zero-order valence-electron chi connectivity index (χ0n) is 8.46. The van der Waals surface area contributed by atoms with E-state index in [-0.39, 0.29) is 0 Å². The van der Waals surface area contributed by atoms with Gasteiger partial charge in [-0.15, -0.1) is 0 Å². The summed E-state index contributed by atoms with van der Waals surface area (Å²) < 4.78 is 0. The highest BCUT2D eigenvalue weighted by Crippen LogP contribution is 2.18. The molecule has 0 radical (unpaired) electrons. The van der Waals surface area contributed by atoms with E-state index < -0.39 is 0 Å². The molecule has 0 aliphatic rings. The summed E-state index contributed by atoms with van der Waals surface area (Å²) in [5.41, 5.74) is 7.97. The second-order valence-corrected chi connectivity index (χ2v) is 3.43. The molecule has 0 aliphatic heterocycles. The van der Waals surface area contributed by atoms with E-state index in [2.05, 4.69) is 31.0 Å². The fourth-order valence-corrected chi connectivity index (χ4v) is 1.32. The quantitative estimate of drug-likeness (QED) is 0.766. The van der Waals surface area contributed by atoms with E-state index in [1.807, 2.05) is 6.20 Å². The molecule has 2 heteroatoms. The van der Waals surface area contributed by atoms with Crippen molar-refractivity contribution in [1.29, 1.82) is 0 Å². The number of pyridine rings is 1. The summed E-state index contributed by atoms with van der Waals surface area (Å²) in [6.07, 6.45) is 3.93. The Morgan fingerprint density at radius 1 is 1.54 bits per heavy atom. The van der Waals surface area contributed by atoms with Crippen LogP contribution in [0.5, 0.6) is 0 Å². The molecule has 72 valence electrons. The Kier molecular flexibility index (Phi) is 3.90. The highest BCUT2D eigenvalue weighted by molar-refractivity contribution is 5.20. The van der Waals surface area contributed by atoms with E-state index in [9.17, 15) is 0 Å². The minimum absolute atomic E-state index is 0.625. The molecule has 0 aromatic carbocycles. The number of hydrogen-bond acceptors (Lipinski definition) is 2. The molecule has 2 N–H and O–H groups in total. The van der Waals surface area contributed by atoms with Gasteiger partial charge in [0.2, 0.25) is 0 Å². The van der Waals surface area contributed by atoms with Crippen molar-refractivity contribution in [2.75, 3.05) is 6.54 Å². The largest absolute Gasteiger partial charge is 0.330 e. The summed E-state index contributed by atoms with van der Waals surface area (Å²) >= 11 is 0. The monoisotopic (exact) mass is 178 g/mol. The molecule has 2 nitrogen and oxygen atoms in total. The molecule has 1 unspecified atom stereocenters. The molecule has 1 heterocycles. The summed E-state index contributed by atoms with van der Waals surface area (Å²) in [6, 6.07) is 4.26. The SMILES string of the molecule is CCC(C)c1ccnc(CCN)c1. The van der Waals surface area contributed by atoms with Crippen LogP contribution < -0.4 is 5.73 Å². The van der Waals surface area contributed by atoms with Crippen molar-refractivity contribution in [1.82, 2.24) is 4.98 Å². The first-order chi connectivity index (χ1) is 6.27. The van der Waals surface area contributed by atoms with Gasteiger partial charge in [0.25, 0.3) is 0 Å². The summed E-state index contributed by atoms with van der Waals surface area (Å²) in [5.74, 6) is 0.625. The van der Waals surface area contributed by atoms with Gasteiger partial charge >= 0.3 is 0 Å². The highest BCUT2D eigenvalue weighted by atomic mass is 14.7. The fraction of sp³-hybridized carbons (Fsp3) is 0.545. The Morgan fingerprint density at radius 3 is 2.92 bits per heavy atom. The second kappa shape index (κ2) is 4.97. The molecule has 13 heavy (non-hydrogen) atoms. The van der Waals surface area contributed by atoms with E-state index in [0.29, 0.717) is 12.5 Å². The van der Waals surface area contributed by atoms with Crippen LogP contribution in [0.4, 0.5) is 0 Å². The Bertz CT molecular complexity index is 258. The molecule has 1 rings (SSSR count). The summed E-state index contributed by atoms with van der Waals surface area (Å²) in [7, 11) is 0. The molecule has 0 spiro atoms. The van der Waals surface area contributed by atoms with Crippen molar-refractivity contribution < 1.29 is 0 Å². The number of aromatic nitrogens is 1. The first kappa shape index (κ1) is 10.2. The number of hydrogen-bond donors (Lipinski definition) is 1. The number of nitrogens with zero attached hydrogens (tertiary/aromatic N) is 1. The molecule has 0 saturated carbocycles. The minimum atomic E-state index is 0.625.